The maximum Gasteiger partial charge on any atom is 0.501 e. The second-order valence-electron chi connectivity index (χ2n) is 15.4. The molecule has 1 unspecified atom stereocenters. The van der Waals surface area contributed by atoms with Crippen molar-refractivity contribution in [3.8, 4) is 11.1 Å². The maximum atomic E-state index is 14.1. The normalized spacial score (nSPS) is 14.9. The van der Waals surface area contributed by atoms with Crippen LogP contribution in [0, 0.1) is 5.92 Å². The number of rotatable bonds is 19. The Labute approximate surface area is 381 Å². The van der Waals surface area contributed by atoms with Crippen LogP contribution in [0.3, 0.4) is 0 Å². The lowest BCUT2D eigenvalue weighted by atomic mass is 9.84. The molecule has 342 valence electrons. The van der Waals surface area contributed by atoms with Crippen LogP contribution in [0.4, 0.5) is 24.5 Å². The number of carbonyl (C=O) groups is 1. The molecule has 6 rings (SSSR count). The van der Waals surface area contributed by atoms with E-state index in [1.165, 1.54) is 23.9 Å². The molecule has 1 fully saturated rings. The van der Waals surface area contributed by atoms with Crippen LogP contribution in [0.5, 0.6) is 0 Å². The molecular formula is C46H50ClF3N4O7S3. The number of carbonyl (C=O) groups excluding carboxylic acids is 1. The second-order valence-corrected chi connectivity index (χ2v) is 20.5. The first-order chi connectivity index (χ1) is 30.5. The number of nitrogens with zero attached hydrogens (tertiary/aromatic N) is 2. The highest BCUT2D eigenvalue weighted by atomic mass is 35.5. The third-order valence-electron chi connectivity index (χ3n) is 11.2. The highest BCUT2D eigenvalue weighted by Gasteiger charge is 2.48. The Morgan fingerprint density at radius 2 is 1.55 bits per heavy atom. The van der Waals surface area contributed by atoms with Gasteiger partial charge in [-0.25, -0.2) is 21.6 Å². The molecule has 5 aromatic carbocycles. The number of amides is 1. The lowest BCUT2D eigenvalue weighted by Crippen LogP contribution is -2.36. The van der Waals surface area contributed by atoms with Crippen LogP contribution in [0.15, 0.2) is 136 Å². The van der Waals surface area contributed by atoms with E-state index in [9.17, 15) is 45.0 Å². The highest BCUT2D eigenvalue weighted by Crippen LogP contribution is 2.39. The van der Waals surface area contributed by atoms with Crippen molar-refractivity contribution in [3.63, 3.8) is 0 Å². The molecule has 0 spiro atoms. The Hall–Kier alpha value is -4.62. The molecule has 4 N–H and O–H groups in total. The number of aliphatic hydroxyl groups is 2. The topological polar surface area (TPSA) is 156 Å². The van der Waals surface area contributed by atoms with Crippen LogP contribution < -0.4 is 14.9 Å². The number of anilines is 2. The molecule has 11 nitrogen and oxygen atoms in total. The van der Waals surface area contributed by atoms with Crippen molar-refractivity contribution in [2.24, 2.45) is 5.92 Å². The van der Waals surface area contributed by atoms with Crippen LogP contribution >= 0.6 is 23.4 Å². The predicted molar refractivity (Wildman–Crippen MR) is 246 cm³/mol. The Morgan fingerprint density at radius 1 is 0.891 bits per heavy atom. The summed E-state index contributed by atoms with van der Waals surface area (Å²) in [5, 5.41) is 24.5. The van der Waals surface area contributed by atoms with E-state index in [0.29, 0.717) is 68.8 Å². The van der Waals surface area contributed by atoms with E-state index in [-0.39, 0.29) is 18.1 Å². The summed E-state index contributed by atoms with van der Waals surface area (Å²) in [7, 11) is -11.0. The number of hydrogen-bond donors (Lipinski definition) is 4. The lowest BCUT2D eigenvalue weighted by Gasteiger charge is -2.36. The minimum Gasteiger partial charge on any atom is -0.395 e. The van der Waals surface area contributed by atoms with Crippen LogP contribution in [0.25, 0.3) is 11.1 Å². The quantitative estimate of drug-likeness (QED) is 0.0588. The van der Waals surface area contributed by atoms with Gasteiger partial charge in [-0.1, -0.05) is 73.1 Å². The summed E-state index contributed by atoms with van der Waals surface area (Å²) < 4.78 is 97.4. The Morgan fingerprint density at radius 3 is 2.19 bits per heavy atom. The van der Waals surface area contributed by atoms with E-state index in [1.807, 2.05) is 95.4 Å². The Bertz CT molecular complexity index is 2560. The largest absolute Gasteiger partial charge is 0.501 e. The van der Waals surface area contributed by atoms with Gasteiger partial charge in [0.25, 0.3) is 25.8 Å². The number of benzene rings is 5. The number of alkyl halides is 3. The number of sulfonamides is 1. The summed E-state index contributed by atoms with van der Waals surface area (Å²) in [4.78, 5) is 16.0. The number of thioether (sulfide) groups is 1. The van der Waals surface area contributed by atoms with Crippen LogP contribution in [-0.2, 0) is 19.9 Å². The molecule has 0 saturated carbocycles. The first-order valence-corrected chi connectivity index (χ1v) is 25.0. The summed E-state index contributed by atoms with van der Waals surface area (Å²) >= 11 is 7.49. The van der Waals surface area contributed by atoms with Crippen molar-refractivity contribution in [1.29, 1.82) is 0 Å². The predicted octanol–water partition coefficient (Wildman–Crippen LogP) is 8.65. The van der Waals surface area contributed by atoms with Crippen molar-refractivity contribution in [3.05, 3.63) is 137 Å². The fraction of sp³-hybridized carbons (Fsp3) is 0.326. The highest BCUT2D eigenvalue weighted by molar-refractivity contribution is 7.99. The van der Waals surface area contributed by atoms with Crippen molar-refractivity contribution in [2.45, 2.75) is 58.5 Å². The fourth-order valence-corrected chi connectivity index (χ4v) is 10.8. The molecule has 64 heavy (non-hydrogen) atoms. The molecule has 5 aromatic rings. The van der Waals surface area contributed by atoms with Gasteiger partial charge in [0.05, 0.1) is 23.3 Å². The molecule has 0 bridgehead atoms. The minimum absolute atomic E-state index is 0.0225. The molecule has 1 heterocycles. The number of aliphatic hydroxyl groups excluding tert-OH is 2. The van der Waals surface area contributed by atoms with E-state index in [0.717, 1.165) is 39.4 Å². The molecule has 1 amide bonds. The molecule has 2 atom stereocenters. The average Bonchev–Trinajstić information content (AvgIpc) is 3.29. The lowest BCUT2D eigenvalue weighted by molar-refractivity contribution is -0.0435. The minimum atomic E-state index is -6.09. The molecular weight excluding hydrogens is 909 g/mol. The van der Waals surface area contributed by atoms with Gasteiger partial charge in [-0.3, -0.25) is 4.79 Å². The van der Waals surface area contributed by atoms with Crippen molar-refractivity contribution < 1.29 is 45.0 Å². The van der Waals surface area contributed by atoms with Crippen molar-refractivity contribution in [2.75, 3.05) is 55.3 Å². The van der Waals surface area contributed by atoms with Crippen LogP contribution in [0.1, 0.15) is 48.2 Å². The Balaban J connectivity index is 1.14. The van der Waals surface area contributed by atoms with Gasteiger partial charge in [-0.05, 0) is 115 Å². The number of piperidine rings is 1. The summed E-state index contributed by atoms with van der Waals surface area (Å²) in [6, 6.07) is 32.2. The first kappa shape index (κ1) is 48.8. The zero-order valence-corrected chi connectivity index (χ0v) is 38.1. The van der Waals surface area contributed by atoms with E-state index in [4.69, 9.17) is 11.6 Å². The molecule has 0 radical (unpaired) electrons. The number of likely N-dealkylation sites (N-methyl/N-ethyl adjacent to an activating group) is 1. The van der Waals surface area contributed by atoms with Crippen molar-refractivity contribution >= 4 is 60.5 Å². The van der Waals surface area contributed by atoms with Gasteiger partial charge in [0.15, 0.2) is 0 Å². The summed E-state index contributed by atoms with van der Waals surface area (Å²) in [6.07, 6.45) is 0.981. The van der Waals surface area contributed by atoms with Gasteiger partial charge in [0, 0.05) is 59.1 Å². The average molecular weight is 960 g/mol. The molecule has 0 aromatic heterocycles. The third-order valence-corrected chi connectivity index (χ3v) is 15.5. The number of hydrogen-bond acceptors (Lipinski definition) is 11. The summed E-state index contributed by atoms with van der Waals surface area (Å²) in [5.41, 5.74) is -2.83. The zero-order chi connectivity index (χ0) is 46.1. The van der Waals surface area contributed by atoms with Gasteiger partial charge < -0.3 is 25.3 Å². The second kappa shape index (κ2) is 21.6. The van der Waals surface area contributed by atoms with E-state index >= 15 is 0 Å². The van der Waals surface area contributed by atoms with Gasteiger partial charge >= 0.3 is 5.51 Å². The molecule has 0 aliphatic carbocycles. The van der Waals surface area contributed by atoms with E-state index in [2.05, 4.69) is 10.2 Å². The maximum absolute atomic E-state index is 14.1. The van der Waals surface area contributed by atoms with Gasteiger partial charge in [0.2, 0.25) is 0 Å². The van der Waals surface area contributed by atoms with Crippen LogP contribution in [-0.4, -0.2) is 94.5 Å². The number of halogens is 4. The SMILES string of the molecule is CCN(CCO)CC[C@@H](CSc1ccccc1)Nc1ccc(S(=O)(=O)NC(=O)c2ccc(N3CCC(C(O)c4ccccc4-c4ccc(Cl)cc4)CC3)cc2)cc1S(=O)(=O)C(F)(F)F. The van der Waals surface area contributed by atoms with E-state index < -0.39 is 58.9 Å². The van der Waals surface area contributed by atoms with Crippen molar-refractivity contribution in [1.82, 2.24) is 9.62 Å². The van der Waals surface area contributed by atoms with Crippen LogP contribution in [0.2, 0.25) is 5.02 Å². The zero-order valence-electron chi connectivity index (χ0n) is 34.9. The third kappa shape index (κ3) is 12.2. The standard InChI is InChI=1S/C46H50ClF3N4O7S3/c1-2-53(28-29-55)25-24-36(31-62-38-8-4-3-5-9-38)51-42-21-20-39(30-43(42)63(58,59)46(48,49)50)64(60,61)52-45(57)34-14-18-37(19-15-34)54-26-22-33(23-27-54)44(56)41-11-7-6-10-40(41)32-12-16-35(47)17-13-32/h3-21,30,33,36,44,51,55-56H,2,22-29,31H2,1H3,(H,52,57)/t36-,44?/m0/s1. The summed E-state index contributed by atoms with van der Waals surface area (Å²) in [6.45, 7) is 4.37. The smallest absolute Gasteiger partial charge is 0.395 e. The number of sulfone groups is 1. The fourth-order valence-electron chi connectivity index (χ4n) is 7.61. The van der Waals surface area contributed by atoms with E-state index in [1.54, 1.807) is 12.1 Å². The Kier molecular flexibility index (Phi) is 16.5. The van der Waals surface area contributed by atoms with Gasteiger partial charge in [-0.2, -0.15) is 13.2 Å². The number of nitrogens with one attached hydrogen (secondary N) is 2. The molecule has 1 aliphatic heterocycles. The summed E-state index contributed by atoms with van der Waals surface area (Å²) in [5.74, 6) is -0.786. The van der Waals surface area contributed by atoms with Gasteiger partial charge in [0.1, 0.15) is 4.90 Å². The molecule has 1 aliphatic rings. The molecule has 18 heteroatoms. The van der Waals surface area contributed by atoms with Gasteiger partial charge in [-0.15, -0.1) is 11.8 Å². The monoisotopic (exact) mass is 958 g/mol. The molecule has 1 saturated heterocycles. The first-order valence-electron chi connectivity index (χ1n) is 20.7.